The highest BCUT2D eigenvalue weighted by Crippen LogP contribution is 2.29. The number of nitrogens with zero attached hydrogens (tertiary/aromatic N) is 5. The molecule has 134 valence electrons. The SMILES string of the molecule is Cc1cc(C)n2nc(SCC(=O)NC3CCN(C4CC4)CC3)nc2n1. The number of piperidine rings is 1. The molecule has 1 N–H and O–H groups in total. The third-order valence-electron chi connectivity index (χ3n) is 4.89. The molecule has 2 fully saturated rings. The summed E-state index contributed by atoms with van der Waals surface area (Å²) in [7, 11) is 0. The van der Waals surface area contributed by atoms with Gasteiger partial charge in [-0.2, -0.15) is 4.98 Å². The number of amides is 1. The zero-order valence-corrected chi connectivity index (χ0v) is 15.6. The molecule has 0 atom stereocenters. The Morgan fingerprint density at radius 1 is 1.24 bits per heavy atom. The van der Waals surface area contributed by atoms with E-state index in [1.807, 2.05) is 19.9 Å². The van der Waals surface area contributed by atoms with Crippen LogP contribution in [0.1, 0.15) is 37.1 Å². The highest BCUT2D eigenvalue weighted by molar-refractivity contribution is 7.99. The minimum absolute atomic E-state index is 0.0644. The van der Waals surface area contributed by atoms with Crippen molar-refractivity contribution in [2.24, 2.45) is 0 Å². The van der Waals surface area contributed by atoms with Gasteiger partial charge in [0.2, 0.25) is 11.1 Å². The van der Waals surface area contributed by atoms with Gasteiger partial charge in [0.1, 0.15) is 0 Å². The molecule has 2 aromatic heterocycles. The first-order valence-corrected chi connectivity index (χ1v) is 9.94. The Labute approximate surface area is 151 Å². The summed E-state index contributed by atoms with van der Waals surface area (Å²) in [6.07, 6.45) is 4.82. The molecule has 1 amide bonds. The summed E-state index contributed by atoms with van der Waals surface area (Å²) in [5, 5.41) is 8.18. The molecule has 4 rings (SSSR count). The summed E-state index contributed by atoms with van der Waals surface area (Å²) in [5.41, 5.74) is 1.91. The second-order valence-electron chi connectivity index (χ2n) is 7.04. The van der Waals surface area contributed by atoms with E-state index in [9.17, 15) is 4.79 Å². The molecule has 8 heteroatoms. The van der Waals surface area contributed by atoms with Crippen molar-refractivity contribution >= 4 is 23.4 Å². The number of carbonyl (C=O) groups excluding carboxylic acids is 1. The Morgan fingerprint density at radius 2 is 2.00 bits per heavy atom. The highest BCUT2D eigenvalue weighted by atomic mass is 32.2. The van der Waals surface area contributed by atoms with E-state index in [4.69, 9.17) is 0 Å². The number of aryl methyl sites for hydroxylation is 2. The van der Waals surface area contributed by atoms with Crippen molar-refractivity contribution < 1.29 is 4.79 Å². The van der Waals surface area contributed by atoms with E-state index >= 15 is 0 Å². The number of carbonyl (C=O) groups is 1. The summed E-state index contributed by atoms with van der Waals surface area (Å²) in [5.74, 6) is 1.00. The maximum atomic E-state index is 12.2. The predicted molar refractivity (Wildman–Crippen MR) is 96.7 cm³/mol. The molecule has 1 aliphatic heterocycles. The van der Waals surface area contributed by atoms with Crippen LogP contribution in [0, 0.1) is 13.8 Å². The highest BCUT2D eigenvalue weighted by Gasteiger charge is 2.32. The van der Waals surface area contributed by atoms with Gasteiger partial charge in [-0.25, -0.2) is 9.50 Å². The van der Waals surface area contributed by atoms with Crippen LogP contribution in [0.2, 0.25) is 0 Å². The monoisotopic (exact) mass is 360 g/mol. The molecule has 1 saturated carbocycles. The third-order valence-corrected chi connectivity index (χ3v) is 5.73. The van der Waals surface area contributed by atoms with Crippen LogP contribution in [0.4, 0.5) is 0 Å². The molecule has 25 heavy (non-hydrogen) atoms. The largest absolute Gasteiger partial charge is 0.353 e. The van der Waals surface area contributed by atoms with E-state index in [1.165, 1.54) is 24.6 Å². The van der Waals surface area contributed by atoms with Crippen molar-refractivity contribution in [3.63, 3.8) is 0 Å². The minimum atomic E-state index is 0.0644. The number of hydrogen-bond donors (Lipinski definition) is 1. The van der Waals surface area contributed by atoms with Crippen molar-refractivity contribution in [3.8, 4) is 0 Å². The van der Waals surface area contributed by atoms with Crippen LogP contribution in [0.15, 0.2) is 11.2 Å². The molecular formula is C17H24N6OS. The molecule has 1 saturated heterocycles. The van der Waals surface area contributed by atoms with Crippen LogP contribution in [-0.2, 0) is 4.79 Å². The topological polar surface area (TPSA) is 75.4 Å². The fourth-order valence-electron chi connectivity index (χ4n) is 3.46. The van der Waals surface area contributed by atoms with Gasteiger partial charge >= 0.3 is 0 Å². The third kappa shape index (κ3) is 3.95. The van der Waals surface area contributed by atoms with Gasteiger partial charge in [-0.15, -0.1) is 5.10 Å². The lowest BCUT2D eigenvalue weighted by molar-refractivity contribution is -0.119. The molecule has 0 aromatic carbocycles. The average Bonchev–Trinajstić information content (AvgIpc) is 3.34. The summed E-state index contributed by atoms with van der Waals surface area (Å²) in [6.45, 7) is 6.14. The first-order chi connectivity index (χ1) is 12.1. The molecule has 2 aliphatic rings. The summed E-state index contributed by atoms with van der Waals surface area (Å²) in [4.78, 5) is 23.6. The van der Waals surface area contributed by atoms with Crippen molar-refractivity contribution in [3.05, 3.63) is 17.5 Å². The van der Waals surface area contributed by atoms with Crippen molar-refractivity contribution in [1.29, 1.82) is 0 Å². The summed E-state index contributed by atoms with van der Waals surface area (Å²) < 4.78 is 1.72. The average molecular weight is 360 g/mol. The summed E-state index contributed by atoms with van der Waals surface area (Å²) >= 11 is 1.37. The van der Waals surface area contributed by atoms with Gasteiger partial charge in [-0.3, -0.25) is 4.79 Å². The van der Waals surface area contributed by atoms with E-state index in [2.05, 4.69) is 25.3 Å². The lowest BCUT2D eigenvalue weighted by Gasteiger charge is -2.32. The lowest BCUT2D eigenvalue weighted by atomic mass is 10.1. The van der Waals surface area contributed by atoms with Gasteiger partial charge < -0.3 is 10.2 Å². The number of fused-ring (bicyclic) bond motifs is 1. The molecular weight excluding hydrogens is 336 g/mol. The predicted octanol–water partition coefficient (Wildman–Crippen LogP) is 1.58. The van der Waals surface area contributed by atoms with Crippen LogP contribution in [0.5, 0.6) is 0 Å². The van der Waals surface area contributed by atoms with Gasteiger partial charge in [-0.05, 0) is 45.6 Å². The second kappa shape index (κ2) is 6.92. The maximum absolute atomic E-state index is 12.2. The van der Waals surface area contributed by atoms with E-state index in [0.29, 0.717) is 22.7 Å². The Balaban J connectivity index is 1.28. The maximum Gasteiger partial charge on any atom is 0.253 e. The van der Waals surface area contributed by atoms with E-state index in [0.717, 1.165) is 43.4 Å². The minimum Gasteiger partial charge on any atom is -0.353 e. The van der Waals surface area contributed by atoms with Gasteiger partial charge in [0.25, 0.3) is 5.78 Å². The normalized spacial score (nSPS) is 19.4. The number of aromatic nitrogens is 4. The van der Waals surface area contributed by atoms with Gasteiger partial charge in [0.05, 0.1) is 5.75 Å². The standard InChI is InChI=1S/C17H24N6OS/c1-11-9-12(2)23-16(18-11)20-17(21-23)25-10-15(24)19-13-5-7-22(8-6-13)14-3-4-14/h9,13-14H,3-8,10H2,1-2H3,(H,19,24). The smallest absolute Gasteiger partial charge is 0.253 e. The van der Waals surface area contributed by atoms with E-state index in [1.54, 1.807) is 4.52 Å². The number of thioether (sulfide) groups is 1. The molecule has 7 nitrogen and oxygen atoms in total. The van der Waals surface area contributed by atoms with Crippen molar-refractivity contribution in [1.82, 2.24) is 29.8 Å². The molecule has 0 unspecified atom stereocenters. The first-order valence-electron chi connectivity index (χ1n) is 8.96. The fraction of sp³-hybridized carbons (Fsp3) is 0.647. The Kier molecular flexibility index (Phi) is 4.64. The second-order valence-corrected chi connectivity index (χ2v) is 7.99. The van der Waals surface area contributed by atoms with Gasteiger partial charge in [0.15, 0.2) is 0 Å². The zero-order chi connectivity index (χ0) is 17.4. The molecule has 3 heterocycles. The van der Waals surface area contributed by atoms with Gasteiger partial charge in [0, 0.05) is 36.6 Å². The number of hydrogen-bond acceptors (Lipinski definition) is 6. The quantitative estimate of drug-likeness (QED) is 0.816. The Bertz CT molecular complexity index is 779. The molecule has 1 aliphatic carbocycles. The molecule has 0 bridgehead atoms. The van der Waals surface area contributed by atoms with Gasteiger partial charge in [-0.1, -0.05) is 11.8 Å². The van der Waals surface area contributed by atoms with E-state index < -0.39 is 0 Å². The number of nitrogens with one attached hydrogen (secondary N) is 1. The van der Waals surface area contributed by atoms with Crippen molar-refractivity contribution in [2.75, 3.05) is 18.8 Å². The van der Waals surface area contributed by atoms with Crippen LogP contribution < -0.4 is 5.32 Å². The Morgan fingerprint density at radius 3 is 2.72 bits per heavy atom. The van der Waals surface area contributed by atoms with Crippen LogP contribution >= 0.6 is 11.8 Å². The van der Waals surface area contributed by atoms with Crippen LogP contribution in [-0.4, -0.2) is 61.3 Å². The lowest BCUT2D eigenvalue weighted by Crippen LogP contribution is -2.45. The molecule has 0 radical (unpaired) electrons. The molecule has 2 aromatic rings. The number of likely N-dealkylation sites (tertiary alicyclic amines) is 1. The summed E-state index contributed by atoms with van der Waals surface area (Å²) in [6, 6.07) is 3.11. The Hall–Kier alpha value is -1.67. The number of rotatable bonds is 5. The zero-order valence-electron chi connectivity index (χ0n) is 14.7. The van der Waals surface area contributed by atoms with Crippen LogP contribution in [0.3, 0.4) is 0 Å². The van der Waals surface area contributed by atoms with E-state index in [-0.39, 0.29) is 5.91 Å². The first kappa shape index (κ1) is 16.8. The molecule has 0 spiro atoms. The van der Waals surface area contributed by atoms with Crippen LogP contribution in [0.25, 0.3) is 5.78 Å². The van der Waals surface area contributed by atoms with Crippen molar-refractivity contribution in [2.45, 2.75) is 56.8 Å². The fourth-order valence-corrected chi connectivity index (χ4v) is 4.09.